The summed E-state index contributed by atoms with van der Waals surface area (Å²) in [5, 5.41) is 3.18. The van der Waals surface area contributed by atoms with Gasteiger partial charge in [0.05, 0.1) is 11.4 Å². The molecule has 0 fully saturated rings. The highest BCUT2D eigenvalue weighted by atomic mass is 19.2. The zero-order valence-electron chi connectivity index (χ0n) is 10.3. The first-order valence-corrected chi connectivity index (χ1v) is 6.19. The van der Waals surface area contributed by atoms with Crippen molar-refractivity contribution in [1.82, 2.24) is 9.55 Å². The molecule has 2 heterocycles. The second-order valence-electron chi connectivity index (χ2n) is 4.50. The molecule has 6 heteroatoms. The third kappa shape index (κ3) is 1.98. The van der Waals surface area contributed by atoms with Crippen LogP contribution in [0.25, 0.3) is 11.3 Å². The lowest BCUT2D eigenvalue weighted by molar-refractivity contribution is 0.509. The van der Waals surface area contributed by atoms with Gasteiger partial charge in [-0.3, -0.25) is 0 Å². The van der Waals surface area contributed by atoms with E-state index in [2.05, 4.69) is 10.3 Å². The minimum atomic E-state index is -0.876. The number of aromatic nitrogens is 2. The molecule has 0 amide bonds. The Hall–Kier alpha value is -1.95. The van der Waals surface area contributed by atoms with Crippen LogP contribution < -0.4 is 11.1 Å². The van der Waals surface area contributed by atoms with Crippen molar-refractivity contribution in [2.75, 3.05) is 11.9 Å². The predicted molar refractivity (Wildman–Crippen MR) is 68.6 cm³/mol. The van der Waals surface area contributed by atoms with E-state index in [1.165, 1.54) is 6.07 Å². The molecule has 1 aromatic heterocycles. The lowest BCUT2D eigenvalue weighted by Crippen LogP contribution is -2.19. The molecule has 19 heavy (non-hydrogen) atoms. The van der Waals surface area contributed by atoms with Crippen LogP contribution in [0.1, 0.15) is 12.1 Å². The fraction of sp³-hybridized carbons (Fsp3) is 0.308. The number of imidazole rings is 1. The van der Waals surface area contributed by atoms with Gasteiger partial charge in [-0.25, -0.2) is 13.8 Å². The maximum absolute atomic E-state index is 13.3. The van der Waals surface area contributed by atoms with E-state index in [0.717, 1.165) is 43.3 Å². The third-order valence-electron chi connectivity index (χ3n) is 3.30. The number of rotatable bonds is 2. The van der Waals surface area contributed by atoms with Crippen molar-refractivity contribution < 1.29 is 8.78 Å². The van der Waals surface area contributed by atoms with E-state index in [1.807, 2.05) is 4.57 Å². The number of fused-ring (bicyclic) bond motifs is 1. The maximum Gasteiger partial charge on any atom is 0.203 e. The van der Waals surface area contributed by atoms with Gasteiger partial charge in [0.1, 0.15) is 0 Å². The number of halogens is 2. The second kappa shape index (κ2) is 4.62. The SMILES string of the molecule is NCc1c(-c2ccc(F)c(F)c2)nc2n1CCCN2. The smallest absolute Gasteiger partial charge is 0.203 e. The van der Waals surface area contributed by atoms with E-state index < -0.39 is 11.6 Å². The van der Waals surface area contributed by atoms with Gasteiger partial charge in [0.2, 0.25) is 5.95 Å². The van der Waals surface area contributed by atoms with Crippen LogP contribution in [-0.2, 0) is 13.1 Å². The van der Waals surface area contributed by atoms with Gasteiger partial charge in [0, 0.05) is 25.2 Å². The van der Waals surface area contributed by atoms with Gasteiger partial charge in [-0.15, -0.1) is 0 Å². The molecular weight excluding hydrogens is 250 g/mol. The highest BCUT2D eigenvalue weighted by Gasteiger charge is 2.20. The first kappa shape index (κ1) is 12.1. The summed E-state index contributed by atoms with van der Waals surface area (Å²) >= 11 is 0. The molecule has 1 aliphatic rings. The van der Waals surface area contributed by atoms with Crippen LogP contribution in [0, 0.1) is 11.6 Å². The molecule has 0 unspecified atom stereocenters. The van der Waals surface area contributed by atoms with E-state index in [-0.39, 0.29) is 0 Å². The van der Waals surface area contributed by atoms with Crippen LogP contribution >= 0.6 is 0 Å². The molecule has 0 atom stereocenters. The fourth-order valence-electron chi connectivity index (χ4n) is 2.38. The quantitative estimate of drug-likeness (QED) is 0.873. The standard InChI is InChI=1S/C13H14F2N4/c14-9-3-2-8(6-10(9)15)12-11(7-16)19-5-1-4-17-13(19)18-12/h2-3,6H,1,4-5,7,16H2,(H,17,18). The normalized spacial score (nSPS) is 14.1. The Morgan fingerprint density at radius 3 is 2.89 bits per heavy atom. The van der Waals surface area contributed by atoms with Crippen LogP contribution in [0.3, 0.4) is 0 Å². The molecule has 0 bridgehead atoms. The largest absolute Gasteiger partial charge is 0.356 e. The number of nitrogens with two attached hydrogens (primary N) is 1. The van der Waals surface area contributed by atoms with E-state index >= 15 is 0 Å². The fourth-order valence-corrected chi connectivity index (χ4v) is 2.38. The van der Waals surface area contributed by atoms with Crippen molar-refractivity contribution in [1.29, 1.82) is 0 Å². The summed E-state index contributed by atoms with van der Waals surface area (Å²) < 4.78 is 28.3. The Kier molecular flexibility index (Phi) is 2.94. The Bertz CT molecular complexity index is 621. The van der Waals surface area contributed by atoms with Crippen molar-refractivity contribution in [2.45, 2.75) is 19.5 Å². The van der Waals surface area contributed by atoms with Crippen molar-refractivity contribution in [3.63, 3.8) is 0 Å². The lowest BCUT2D eigenvalue weighted by atomic mass is 10.1. The molecule has 4 nitrogen and oxygen atoms in total. The van der Waals surface area contributed by atoms with Crippen LogP contribution in [-0.4, -0.2) is 16.1 Å². The van der Waals surface area contributed by atoms with E-state index in [9.17, 15) is 8.78 Å². The average molecular weight is 264 g/mol. The highest BCUT2D eigenvalue weighted by molar-refractivity contribution is 5.65. The van der Waals surface area contributed by atoms with E-state index in [1.54, 1.807) is 0 Å². The zero-order valence-corrected chi connectivity index (χ0v) is 10.3. The van der Waals surface area contributed by atoms with Gasteiger partial charge < -0.3 is 15.6 Å². The minimum Gasteiger partial charge on any atom is -0.356 e. The van der Waals surface area contributed by atoms with Gasteiger partial charge >= 0.3 is 0 Å². The highest BCUT2D eigenvalue weighted by Crippen LogP contribution is 2.29. The van der Waals surface area contributed by atoms with Gasteiger partial charge in [0.15, 0.2) is 11.6 Å². The summed E-state index contributed by atoms with van der Waals surface area (Å²) in [6.07, 6.45) is 0.994. The second-order valence-corrected chi connectivity index (χ2v) is 4.50. The molecule has 3 N–H and O–H groups in total. The molecule has 100 valence electrons. The van der Waals surface area contributed by atoms with E-state index in [0.29, 0.717) is 17.8 Å². The molecule has 0 radical (unpaired) electrons. The van der Waals surface area contributed by atoms with Gasteiger partial charge in [-0.2, -0.15) is 0 Å². The number of nitrogens with zero attached hydrogens (tertiary/aromatic N) is 2. The molecule has 0 saturated carbocycles. The molecular formula is C13H14F2N4. The third-order valence-corrected chi connectivity index (χ3v) is 3.30. The Labute approximate surface area is 109 Å². The first-order chi connectivity index (χ1) is 9.20. The zero-order chi connectivity index (χ0) is 13.4. The van der Waals surface area contributed by atoms with Crippen LogP contribution in [0.15, 0.2) is 18.2 Å². The molecule has 1 aliphatic heterocycles. The van der Waals surface area contributed by atoms with Gasteiger partial charge in [-0.1, -0.05) is 0 Å². The van der Waals surface area contributed by atoms with E-state index in [4.69, 9.17) is 5.73 Å². The molecule has 0 aliphatic carbocycles. The van der Waals surface area contributed by atoms with Crippen molar-refractivity contribution in [3.05, 3.63) is 35.5 Å². The number of benzene rings is 1. The average Bonchev–Trinajstić information content (AvgIpc) is 2.80. The van der Waals surface area contributed by atoms with Gasteiger partial charge in [0.25, 0.3) is 0 Å². The summed E-state index contributed by atoms with van der Waals surface area (Å²) in [7, 11) is 0. The van der Waals surface area contributed by atoms with Crippen LogP contribution in [0.2, 0.25) is 0 Å². The Morgan fingerprint density at radius 2 is 2.16 bits per heavy atom. The molecule has 2 aromatic rings. The first-order valence-electron chi connectivity index (χ1n) is 6.19. The summed E-state index contributed by atoms with van der Waals surface area (Å²) in [4.78, 5) is 4.45. The van der Waals surface area contributed by atoms with Crippen LogP contribution in [0.4, 0.5) is 14.7 Å². The maximum atomic E-state index is 13.3. The Balaban J connectivity index is 2.13. The number of nitrogens with one attached hydrogen (secondary N) is 1. The predicted octanol–water partition coefficient (Wildman–Crippen LogP) is 2.10. The summed E-state index contributed by atoms with van der Waals surface area (Å²) in [5.74, 6) is -0.994. The number of hydrogen-bond acceptors (Lipinski definition) is 3. The van der Waals surface area contributed by atoms with Crippen molar-refractivity contribution in [3.8, 4) is 11.3 Å². The summed E-state index contributed by atoms with van der Waals surface area (Å²) in [6.45, 7) is 2.01. The Morgan fingerprint density at radius 1 is 1.32 bits per heavy atom. The molecule has 3 rings (SSSR count). The topological polar surface area (TPSA) is 55.9 Å². The number of anilines is 1. The molecule has 0 saturated heterocycles. The minimum absolute atomic E-state index is 0.309. The molecule has 0 spiro atoms. The molecule has 1 aromatic carbocycles. The number of hydrogen-bond donors (Lipinski definition) is 2. The van der Waals surface area contributed by atoms with Crippen LogP contribution in [0.5, 0.6) is 0 Å². The monoisotopic (exact) mass is 264 g/mol. The summed E-state index contributed by atoms with van der Waals surface area (Å²) in [5.41, 5.74) is 7.77. The van der Waals surface area contributed by atoms with Crippen molar-refractivity contribution in [2.24, 2.45) is 5.73 Å². The van der Waals surface area contributed by atoms with Gasteiger partial charge in [-0.05, 0) is 24.6 Å². The van der Waals surface area contributed by atoms with Crippen molar-refractivity contribution >= 4 is 5.95 Å². The summed E-state index contributed by atoms with van der Waals surface area (Å²) in [6, 6.07) is 3.78. The lowest BCUT2D eigenvalue weighted by Gasteiger charge is -2.17.